The number of aromatic nitrogens is 1. The number of piperazine rings is 1. The van der Waals surface area contributed by atoms with Crippen LogP contribution >= 0.6 is 0 Å². The number of ether oxygens (including phenoxy) is 3. The first-order chi connectivity index (χ1) is 22.2. The molecule has 248 valence electrons. The number of pyridine rings is 1. The molecular weight excluding hydrogens is 598 g/mol. The third-order valence-electron chi connectivity index (χ3n) is 7.87. The maximum Gasteiger partial charge on any atom is 0.415 e. The molecule has 0 aliphatic carbocycles. The topological polar surface area (TPSA) is 168 Å². The van der Waals surface area contributed by atoms with Gasteiger partial charge in [-0.25, -0.2) is 14.6 Å². The van der Waals surface area contributed by atoms with Crippen LogP contribution in [0.25, 0.3) is 11.3 Å². The fourth-order valence-corrected chi connectivity index (χ4v) is 5.17. The largest absolute Gasteiger partial charge is 0.481 e. The second-order valence-electron chi connectivity index (χ2n) is 11.1. The van der Waals surface area contributed by atoms with Gasteiger partial charge < -0.3 is 39.3 Å². The maximum absolute atomic E-state index is 13.6. The highest BCUT2D eigenvalue weighted by Gasteiger charge is 2.32. The molecule has 1 aromatic heterocycles. The summed E-state index contributed by atoms with van der Waals surface area (Å²) >= 11 is 0. The van der Waals surface area contributed by atoms with Crippen molar-refractivity contribution in [2.24, 2.45) is 0 Å². The van der Waals surface area contributed by atoms with Crippen molar-refractivity contribution in [1.29, 1.82) is 0 Å². The van der Waals surface area contributed by atoms with E-state index in [-0.39, 0.29) is 56.6 Å². The Morgan fingerprint density at radius 3 is 2.35 bits per heavy atom. The zero-order chi connectivity index (χ0) is 33.1. The molecule has 1 aromatic carbocycles. The maximum atomic E-state index is 13.6. The fraction of sp³-hybridized carbons (Fsp3) is 0.500. The lowest BCUT2D eigenvalue weighted by molar-refractivity contribution is -0.138. The molecule has 14 nitrogen and oxygen atoms in total. The van der Waals surface area contributed by atoms with Crippen molar-refractivity contribution in [2.45, 2.75) is 51.2 Å². The number of benzene rings is 1. The molecule has 0 saturated carbocycles. The van der Waals surface area contributed by atoms with Gasteiger partial charge in [-0.05, 0) is 19.3 Å². The highest BCUT2D eigenvalue weighted by molar-refractivity contribution is 5.97. The minimum atomic E-state index is -1.17. The van der Waals surface area contributed by atoms with Crippen molar-refractivity contribution in [1.82, 2.24) is 25.0 Å². The number of nitrogens with one attached hydrogen (secondary N) is 1. The Morgan fingerprint density at radius 1 is 0.978 bits per heavy atom. The third-order valence-corrected chi connectivity index (χ3v) is 7.87. The van der Waals surface area contributed by atoms with E-state index in [9.17, 15) is 29.1 Å². The van der Waals surface area contributed by atoms with Crippen molar-refractivity contribution in [3.05, 3.63) is 48.2 Å². The average molecular weight is 640 g/mol. The summed E-state index contributed by atoms with van der Waals surface area (Å²) in [6, 6.07) is 10.7. The molecule has 4 amide bonds. The van der Waals surface area contributed by atoms with Crippen LogP contribution in [0, 0.1) is 0 Å². The number of rotatable bonds is 12. The van der Waals surface area contributed by atoms with Crippen LogP contribution in [0.15, 0.2) is 42.5 Å². The summed E-state index contributed by atoms with van der Waals surface area (Å²) in [6.45, 7) is 4.04. The van der Waals surface area contributed by atoms with Crippen LogP contribution in [-0.4, -0.2) is 120 Å². The van der Waals surface area contributed by atoms with Gasteiger partial charge in [-0.3, -0.25) is 14.4 Å². The molecule has 46 heavy (non-hydrogen) atoms. The van der Waals surface area contributed by atoms with Crippen LogP contribution in [0.5, 0.6) is 5.75 Å². The Balaban J connectivity index is 1.49. The van der Waals surface area contributed by atoms with Gasteiger partial charge in [-0.15, -0.1) is 0 Å². The van der Waals surface area contributed by atoms with Crippen LogP contribution in [0.3, 0.4) is 0 Å². The van der Waals surface area contributed by atoms with E-state index >= 15 is 0 Å². The van der Waals surface area contributed by atoms with Crippen LogP contribution in [0.2, 0.25) is 0 Å². The highest BCUT2D eigenvalue weighted by Crippen LogP contribution is 2.25. The van der Waals surface area contributed by atoms with Crippen LogP contribution in [0.4, 0.5) is 9.59 Å². The number of aliphatic carboxylic acids is 1. The second kappa shape index (κ2) is 16.5. The van der Waals surface area contributed by atoms with Crippen molar-refractivity contribution in [3.63, 3.8) is 0 Å². The molecule has 3 heterocycles. The van der Waals surface area contributed by atoms with Gasteiger partial charge in [0.2, 0.25) is 5.91 Å². The summed E-state index contributed by atoms with van der Waals surface area (Å²) in [5.74, 6) is -2.25. The summed E-state index contributed by atoms with van der Waals surface area (Å²) in [7, 11) is 1.58. The Labute approximate surface area is 267 Å². The quantitative estimate of drug-likeness (QED) is 0.330. The van der Waals surface area contributed by atoms with Crippen LogP contribution in [-0.2, 0) is 19.1 Å². The number of carboxylic acids is 1. The number of likely N-dealkylation sites (tertiary alicyclic amines) is 1. The Kier molecular flexibility index (Phi) is 12.3. The smallest absolute Gasteiger partial charge is 0.415 e. The van der Waals surface area contributed by atoms with E-state index in [2.05, 4.69) is 10.3 Å². The van der Waals surface area contributed by atoms with Crippen molar-refractivity contribution >= 4 is 30.0 Å². The lowest BCUT2D eigenvalue weighted by Crippen LogP contribution is -2.56. The van der Waals surface area contributed by atoms with Crippen LogP contribution < -0.4 is 10.1 Å². The molecule has 2 atom stereocenters. The molecule has 14 heteroatoms. The average Bonchev–Trinajstić information content (AvgIpc) is 3.56. The van der Waals surface area contributed by atoms with Gasteiger partial charge >= 0.3 is 18.2 Å². The first-order valence-corrected chi connectivity index (χ1v) is 15.5. The molecule has 2 fully saturated rings. The molecular formula is C32H41N5O9. The number of unbranched alkanes of at least 4 members (excludes halogenated alkanes) is 1. The zero-order valence-corrected chi connectivity index (χ0v) is 26.2. The number of methoxy groups -OCH3 is 1. The molecule has 0 spiro atoms. The summed E-state index contributed by atoms with van der Waals surface area (Å²) in [5.41, 5.74) is 0.912. The third kappa shape index (κ3) is 9.39. The van der Waals surface area contributed by atoms with Crippen molar-refractivity contribution in [2.75, 3.05) is 53.0 Å². The van der Waals surface area contributed by atoms with Gasteiger partial charge in [0.15, 0.2) is 0 Å². The summed E-state index contributed by atoms with van der Waals surface area (Å²) < 4.78 is 16.2. The van der Waals surface area contributed by atoms with Gasteiger partial charge in [0.1, 0.15) is 17.5 Å². The summed E-state index contributed by atoms with van der Waals surface area (Å²) in [4.78, 5) is 72.8. The fourth-order valence-electron chi connectivity index (χ4n) is 5.17. The number of amides is 4. The number of carbonyl (C=O) groups excluding carboxylic acids is 4. The Bertz CT molecular complexity index is 1380. The molecule has 2 N–H and O–H groups in total. The molecule has 2 aromatic rings. The van der Waals surface area contributed by atoms with E-state index < -0.39 is 36.0 Å². The second-order valence-corrected chi connectivity index (χ2v) is 11.1. The molecule has 2 aliphatic rings. The monoisotopic (exact) mass is 639 g/mol. The van der Waals surface area contributed by atoms with Crippen LogP contribution in [0.1, 0.15) is 49.5 Å². The van der Waals surface area contributed by atoms with Gasteiger partial charge in [-0.2, -0.15) is 0 Å². The normalized spacial score (nSPS) is 16.9. The Hall–Kier alpha value is -4.72. The minimum Gasteiger partial charge on any atom is -0.481 e. The van der Waals surface area contributed by atoms with E-state index in [1.165, 1.54) is 20.8 Å². The summed E-state index contributed by atoms with van der Waals surface area (Å²) in [6.07, 6.45) is 0.678. The molecule has 1 unspecified atom stereocenters. The molecule has 2 saturated heterocycles. The van der Waals surface area contributed by atoms with Crippen molar-refractivity contribution < 1.29 is 43.3 Å². The molecule has 0 bridgehead atoms. The summed E-state index contributed by atoms with van der Waals surface area (Å²) in [5, 5.41) is 12.0. The van der Waals surface area contributed by atoms with E-state index in [4.69, 9.17) is 14.2 Å². The highest BCUT2D eigenvalue weighted by atomic mass is 16.6. The van der Waals surface area contributed by atoms with Gasteiger partial charge in [0, 0.05) is 64.0 Å². The van der Waals surface area contributed by atoms with E-state index in [1.54, 1.807) is 37.4 Å². The number of hydrogen-bond donors (Lipinski definition) is 2. The Morgan fingerprint density at radius 2 is 1.70 bits per heavy atom. The van der Waals surface area contributed by atoms with E-state index in [0.717, 1.165) is 12.8 Å². The number of nitrogens with zero attached hydrogens (tertiary/aromatic N) is 4. The zero-order valence-electron chi connectivity index (χ0n) is 26.2. The minimum absolute atomic E-state index is 0.0835. The lowest BCUT2D eigenvalue weighted by atomic mass is 10.1. The van der Waals surface area contributed by atoms with E-state index in [0.29, 0.717) is 37.4 Å². The standard InChI is InChI=1S/C32H41N5O9/c1-3-4-18-45-31(42)36-16-14-35(15-17-36)30(41)25(10-11-28(38)39)34-29(40)27-20-24(19-26(33-27)22-8-6-5-7-9-22)46-32(43)37-13-12-23(21-37)44-2/h5-9,19-20,23,25H,3-4,10-18,21H2,1-2H3,(H,34,40)(H,38,39)/t23?,25-/m0/s1. The van der Waals surface area contributed by atoms with Gasteiger partial charge in [0.05, 0.1) is 24.9 Å². The predicted octanol–water partition coefficient (Wildman–Crippen LogP) is 3.01. The van der Waals surface area contributed by atoms with E-state index in [1.807, 2.05) is 13.0 Å². The molecule has 2 aliphatic heterocycles. The van der Waals surface area contributed by atoms with Crippen molar-refractivity contribution in [3.8, 4) is 17.0 Å². The lowest BCUT2D eigenvalue weighted by Gasteiger charge is -2.36. The van der Waals surface area contributed by atoms with Gasteiger partial charge in [-0.1, -0.05) is 43.7 Å². The SMILES string of the molecule is CCCCOC(=O)N1CCN(C(=O)[C@H](CCC(=O)O)NC(=O)c2cc(OC(=O)N3CCC(OC)C3)cc(-c3ccccc3)n2)CC1. The molecule has 4 rings (SSSR count). The predicted molar refractivity (Wildman–Crippen MR) is 165 cm³/mol. The number of carbonyl (C=O) groups is 5. The number of carboxylic acid groups (broad SMARTS) is 1. The number of hydrogen-bond acceptors (Lipinski definition) is 9. The van der Waals surface area contributed by atoms with Gasteiger partial charge in [0.25, 0.3) is 5.91 Å². The first-order valence-electron chi connectivity index (χ1n) is 15.5. The first kappa shape index (κ1) is 34.2. The molecule has 0 radical (unpaired) electrons.